The number of thioether (sulfide) groups is 1. The molecular weight excluding hydrogens is 335 g/mol. The fourth-order valence-electron chi connectivity index (χ4n) is 4.03. The summed E-state index contributed by atoms with van der Waals surface area (Å²) in [5.74, 6) is 3.00. The van der Waals surface area contributed by atoms with Crippen LogP contribution in [0.4, 0.5) is 10.1 Å². The van der Waals surface area contributed by atoms with Crippen LogP contribution in [0, 0.1) is 18.7 Å². The summed E-state index contributed by atoms with van der Waals surface area (Å²) >= 11 is 2.08. The van der Waals surface area contributed by atoms with Crippen molar-refractivity contribution in [3.8, 4) is 0 Å². The Morgan fingerprint density at radius 1 is 1.32 bits per heavy atom. The van der Waals surface area contributed by atoms with E-state index < -0.39 is 0 Å². The molecule has 2 saturated heterocycles. The van der Waals surface area contributed by atoms with Gasteiger partial charge >= 0.3 is 0 Å². The molecule has 1 N–H and O–H groups in total. The third kappa shape index (κ3) is 5.45. The van der Waals surface area contributed by atoms with Crippen LogP contribution in [0.1, 0.15) is 44.1 Å². The van der Waals surface area contributed by atoms with Crippen molar-refractivity contribution < 1.29 is 9.18 Å². The molecular formula is C20H29FN2OS. The summed E-state index contributed by atoms with van der Waals surface area (Å²) in [5.41, 5.74) is 1.49. The van der Waals surface area contributed by atoms with E-state index in [1.807, 2.05) is 6.92 Å². The van der Waals surface area contributed by atoms with Crippen LogP contribution in [0.25, 0.3) is 0 Å². The van der Waals surface area contributed by atoms with E-state index in [1.165, 1.54) is 55.9 Å². The fourth-order valence-corrected chi connectivity index (χ4v) is 5.11. The van der Waals surface area contributed by atoms with Crippen LogP contribution >= 0.6 is 11.8 Å². The first-order chi connectivity index (χ1) is 12.1. The lowest BCUT2D eigenvalue weighted by molar-refractivity contribution is -0.116. The van der Waals surface area contributed by atoms with Crippen molar-refractivity contribution in [3.05, 3.63) is 29.6 Å². The quantitative estimate of drug-likeness (QED) is 0.837. The summed E-state index contributed by atoms with van der Waals surface area (Å²) in [7, 11) is 0. The number of carbonyl (C=O) groups excluding carboxylic acids is 1. The molecule has 2 aliphatic rings. The van der Waals surface area contributed by atoms with Gasteiger partial charge in [0.05, 0.1) is 0 Å². The number of piperidine rings is 1. The number of halogens is 1. The molecule has 5 heteroatoms. The minimum absolute atomic E-state index is 0.0425. The Morgan fingerprint density at radius 2 is 2.12 bits per heavy atom. The third-order valence-corrected chi connectivity index (χ3v) is 6.55. The van der Waals surface area contributed by atoms with Gasteiger partial charge in [-0.25, -0.2) is 4.39 Å². The average Bonchev–Trinajstić information content (AvgIpc) is 2.63. The molecule has 1 amide bonds. The van der Waals surface area contributed by atoms with E-state index >= 15 is 0 Å². The Labute approximate surface area is 154 Å². The van der Waals surface area contributed by atoms with Crippen molar-refractivity contribution in [2.75, 3.05) is 29.9 Å². The number of nitrogens with one attached hydrogen (secondary N) is 1. The smallest absolute Gasteiger partial charge is 0.224 e. The normalized spacial score (nSPS) is 22.7. The topological polar surface area (TPSA) is 32.3 Å². The van der Waals surface area contributed by atoms with Crippen LogP contribution in [0.5, 0.6) is 0 Å². The van der Waals surface area contributed by atoms with Crippen molar-refractivity contribution in [2.24, 2.45) is 5.92 Å². The van der Waals surface area contributed by atoms with Crippen molar-refractivity contribution >= 4 is 23.4 Å². The number of rotatable bonds is 5. The zero-order valence-electron chi connectivity index (χ0n) is 15.1. The van der Waals surface area contributed by atoms with Gasteiger partial charge in [-0.05, 0) is 86.8 Å². The maximum absolute atomic E-state index is 13.1. The van der Waals surface area contributed by atoms with E-state index in [2.05, 4.69) is 22.0 Å². The lowest BCUT2D eigenvalue weighted by Gasteiger charge is -2.40. The zero-order chi connectivity index (χ0) is 17.6. The van der Waals surface area contributed by atoms with E-state index in [4.69, 9.17) is 0 Å². The summed E-state index contributed by atoms with van der Waals surface area (Å²) in [6, 6.07) is 5.26. The van der Waals surface area contributed by atoms with Crippen LogP contribution in [0.3, 0.4) is 0 Å². The Kier molecular flexibility index (Phi) is 6.77. The Bertz CT molecular complexity index is 589. The molecule has 2 heterocycles. The van der Waals surface area contributed by atoms with Crippen molar-refractivity contribution in [1.29, 1.82) is 0 Å². The molecule has 2 aliphatic heterocycles. The van der Waals surface area contributed by atoms with E-state index in [0.717, 1.165) is 30.3 Å². The molecule has 0 radical (unpaired) electrons. The minimum Gasteiger partial charge on any atom is -0.326 e. The maximum atomic E-state index is 13.1. The number of hydrogen-bond acceptors (Lipinski definition) is 3. The van der Waals surface area contributed by atoms with Crippen molar-refractivity contribution in [3.63, 3.8) is 0 Å². The molecule has 0 spiro atoms. The highest BCUT2D eigenvalue weighted by atomic mass is 32.2. The van der Waals surface area contributed by atoms with E-state index in [-0.39, 0.29) is 11.7 Å². The highest BCUT2D eigenvalue weighted by Crippen LogP contribution is 2.28. The summed E-state index contributed by atoms with van der Waals surface area (Å²) in [6.07, 6.45) is 6.64. The molecule has 3 rings (SSSR count). The molecule has 0 bridgehead atoms. The van der Waals surface area contributed by atoms with Gasteiger partial charge in [0.1, 0.15) is 5.82 Å². The molecule has 1 atom stereocenters. The molecule has 1 aromatic rings. The minimum atomic E-state index is -0.265. The third-order valence-electron chi connectivity index (χ3n) is 5.50. The number of nitrogens with zero attached hydrogens (tertiary/aromatic N) is 1. The monoisotopic (exact) mass is 364 g/mol. The lowest BCUT2D eigenvalue weighted by atomic mass is 9.91. The average molecular weight is 365 g/mol. The van der Waals surface area contributed by atoms with Crippen LogP contribution in [-0.4, -0.2) is 41.4 Å². The first-order valence-electron chi connectivity index (χ1n) is 9.49. The number of hydrogen-bond donors (Lipinski definition) is 1. The van der Waals surface area contributed by atoms with Gasteiger partial charge in [0.15, 0.2) is 0 Å². The van der Waals surface area contributed by atoms with Gasteiger partial charge in [-0.3, -0.25) is 4.79 Å². The lowest BCUT2D eigenvalue weighted by Crippen LogP contribution is -2.44. The highest BCUT2D eigenvalue weighted by Gasteiger charge is 2.27. The molecule has 1 aromatic carbocycles. The second kappa shape index (κ2) is 9.04. The number of likely N-dealkylation sites (tertiary alicyclic amines) is 1. The van der Waals surface area contributed by atoms with Crippen LogP contribution in [-0.2, 0) is 4.79 Å². The Morgan fingerprint density at radius 3 is 2.88 bits per heavy atom. The summed E-state index contributed by atoms with van der Waals surface area (Å²) in [5, 5.41) is 2.93. The van der Waals surface area contributed by atoms with Crippen LogP contribution in [0.15, 0.2) is 18.2 Å². The van der Waals surface area contributed by atoms with Gasteiger partial charge in [0.2, 0.25) is 5.91 Å². The first kappa shape index (κ1) is 18.7. The molecule has 3 nitrogen and oxygen atoms in total. The Balaban J connectivity index is 1.45. The fraction of sp³-hybridized carbons (Fsp3) is 0.650. The van der Waals surface area contributed by atoms with E-state index in [9.17, 15) is 9.18 Å². The van der Waals surface area contributed by atoms with E-state index in [0.29, 0.717) is 12.3 Å². The predicted molar refractivity (Wildman–Crippen MR) is 104 cm³/mol. The largest absolute Gasteiger partial charge is 0.326 e. The predicted octanol–water partition coefficient (Wildman–Crippen LogP) is 4.46. The van der Waals surface area contributed by atoms with Crippen LogP contribution < -0.4 is 5.32 Å². The Hall–Kier alpha value is -1.07. The summed E-state index contributed by atoms with van der Waals surface area (Å²) in [6.45, 7) is 4.20. The van der Waals surface area contributed by atoms with Gasteiger partial charge in [0, 0.05) is 24.7 Å². The standard InChI is InChI=1S/C20H29FN2OS/c1-15-13-17(21)5-6-19(15)22-20(24)7-4-16-3-2-10-23(14-16)18-8-11-25-12-9-18/h5-6,13,16,18H,2-4,7-12,14H2,1H3,(H,22,24)/t16-/m0/s1. The van der Waals surface area contributed by atoms with Gasteiger partial charge in [-0.2, -0.15) is 11.8 Å². The number of benzene rings is 1. The second-order valence-electron chi connectivity index (χ2n) is 7.39. The molecule has 2 fully saturated rings. The molecule has 0 unspecified atom stereocenters. The SMILES string of the molecule is Cc1cc(F)ccc1NC(=O)CC[C@@H]1CCCN(C2CCSCC2)C1. The van der Waals surface area contributed by atoms with Crippen molar-refractivity contribution in [2.45, 2.75) is 51.5 Å². The van der Waals surface area contributed by atoms with Gasteiger partial charge < -0.3 is 10.2 Å². The number of amides is 1. The molecule has 25 heavy (non-hydrogen) atoms. The van der Waals surface area contributed by atoms with Gasteiger partial charge in [-0.15, -0.1) is 0 Å². The second-order valence-corrected chi connectivity index (χ2v) is 8.62. The number of aryl methyl sites for hydroxylation is 1. The van der Waals surface area contributed by atoms with E-state index in [1.54, 1.807) is 6.07 Å². The highest BCUT2D eigenvalue weighted by molar-refractivity contribution is 7.99. The van der Waals surface area contributed by atoms with Crippen molar-refractivity contribution in [1.82, 2.24) is 4.90 Å². The first-order valence-corrected chi connectivity index (χ1v) is 10.6. The number of carbonyl (C=O) groups is 1. The molecule has 138 valence electrons. The number of anilines is 1. The molecule has 0 saturated carbocycles. The van der Waals surface area contributed by atoms with Gasteiger partial charge in [0.25, 0.3) is 0 Å². The summed E-state index contributed by atoms with van der Waals surface area (Å²) < 4.78 is 13.1. The maximum Gasteiger partial charge on any atom is 0.224 e. The molecule has 0 aromatic heterocycles. The summed E-state index contributed by atoms with van der Waals surface area (Å²) in [4.78, 5) is 14.9. The zero-order valence-corrected chi connectivity index (χ0v) is 15.9. The van der Waals surface area contributed by atoms with Gasteiger partial charge in [-0.1, -0.05) is 0 Å². The molecule has 0 aliphatic carbocycles. The van der Waals surface area contributed by atoms with Crippen LogP contribution in [0.2, 0.25) is 0 Å².